The highest BCUT2D eigenvalue weighted by Crippen LogP contribution is 2.32. The Morgan fingerprint density at radius 2 is 1.76 bits per heavy atom. The molecule has 1 atom stereocenters. The molecule has 0 N–H and O–H groups in total. The van der Waals surface area contributed by atoms with Crippen LogP contribution in [0.15, 0.2) is 40.9 Å². The highest BCUT2D eigenvalue weighted by atomic mass is 79.9. The Morgan fingerprint density at radius 3 is 2.38 bits per heavy atom. The van der Waals surface area contributed by atoms with Crippen LogP contribution in [0.5, 0.6) is 5.75 Å². The van der Waals surface area contributed by atoms with Crippen LogP contribution in [0.4, 0.5) is 0 Å². The van der Waals surface area contributed by atoms with Gasteiger partial charge in [0.25, 0.3) is 0 Å². The fourth-order valence-electron chi connectivity index (χ4n) is 2.38. The highest BCUT2D eigenvalue weighted by molar-refractivity contribution is 9.10. The van der Waals surface area contributed by atoms with Gasteiger partial charge in [0.1, 0.15) is 5.75 Å². The summed E-state index contributed by atoms with van der Waals surface area (Å²) in [4.78, 5) is 0. The average Bonchev–Trinajstić information content (AvgIpc) is 2.49. The van der Waals surface area contributed by atoms with Gasteiger partial charge in [-0.1, -0.05) is 34.1 Å². The van der Waals surface area contributed by atoms with E-state index in [9.17, 15) is 0 Å². The molecule has 3 heteroatoms. The number of ether oxygens (including phenoxy) is 1. The second kappa shape index (κ2) is 7.33. The third kappa shape index (κ3) is 4.24. The van der Waals surface area contributed by atoms with Crippen molar-refractivity contribution >= 4 is 27.5 Å². The van der Waals surface area contributed by atoms with Crippen LogP contribution in [-0.2, 0) is 6.42 Å². The second-order valence-electron chi connectivity index (χ2n) is 5.31. The third-order valence-corrected chi connectivity index (χ3v) is 5.04. The van der Waals surface area contributed by atoms with Crippen molar-refractivity contribution in [3.8, 4) is 5.75 Å². The van der Waals surface area contributed by atoms with Gasteiger partial charge in [0.15, 0.2) is 0 Å². The molecule has 0 fully saturated rings. The molecule has 0 radical (unpaired) electrons. The summed E-state index contributed by atoms with van der Waals surface area (Å²) in [7, 11) is 1.68. The van der Waals surface area contributed by atoms with Gasteiger partial charge in [-0.2, -0.15) is 0 Å². The lowest BCUT2D eigenvalue weighted by molar-refractivity contribution is 0.414. The fraction of sp³-hybridized carbons (Fsp3) is 0.333. The van der Waals surface area contributed by atoms with E-state index in [1.807, 2.05) is 12.1 Å². The van der Waals surface area contributed by atoms with Crippen molar-refractivity contribution in [2.45, 2.75) is 32.1 Å². The average molecular weight is 368 g/mol. The maximum absolute atomic E-state index is 6.60. The molecule has 0 aromatic heterocycles. The summed E-state index contributed by atoms with van der Waals surface area (Å²) < 4.78 is 6.32. The molecule has 0 aliphatic rings. The molecule has 0 saturated heterocycles. The van der Waals surface area contributed by atoms with E-state index >= 15 is 0 Å². The molecule has 1 nitrogen and oxygen atoms in total. The maximum atomic E-state index is 6.60. The van der Waals surface area contributed by atoms with Crippen molar-refractivity contribution in [1.29, 1.82) is 0 Å². The molecule has 0 heterocycles. The van der Waals surface area contributed by atoms with Crippen LogP contribution in [0.3, 0.4) is 0 Å². The van der Waals surface area contributed by atoms with Gasteiger partial charge < -0.3 is 4.74 Å². The van der Waals surface area contributed by atoms with Crippen LogP contribution < -0.4 is 4.74 Å². The van der Waals surface area contributed by atoms with Gasteiger partial charge in [-0.25, -0.2) is 0 Å². The monoisotopic (exact) mass is 366 g/mol. The Bertz CT molecular complexity index is 607. The molecule has 0 bridgehead atoms. The number of hydrogen-bond acceptors (Lipinski definition) is 1. The van der Waals surface area contributed by atoms with Gasteiger partial charge in [0, 0.05) is 4.47 Å². The number of hydrogen-bond donors (Lipinski definition) is 0. The van der Waals surface area contributed by atoms with Crippen molar-refractivity contribution in [3.05, 3.63) is 63.1 Å². The first-order valence-corrected chi connectivity index (χ1v) is 8.28. The molecule has 21 heavy (non-hydrogen) atoms. The summed E-state index contributed by atoms with van der Waals surface area (Å²) in [5, 5.41) is 0.0406. The molecular formula is C18H20BrClO. The smallest absolute Gasteiger partial charge is 0.118 e. The van der Waals surface area contributed by atoms with Crippen molar-refractivity contribution in [1.82, 2.24) is 0 Å². The van der Waals surface area contributed by atoms with Crippen LogP contribution in [-0.4, -0.2) is 7.11 Å². The number of aryl methyl sites for hydroxylation is 3. The predicted molar refractivity (Wildman–Crippen MR) is 93.5 cm³/mol. The summed E-state index contributed by atoms with van der Waals surface area (Å²) in [5.74, 6) is 0.889. The zero-order valence-electron chi connectivity index (χ0n) is 12.6. The van der Waals surface area contributed by atoms with Crippen molar-refractivity contribution in [2.24, 2.45) is 0 Å². The Kier molecular flexibility index (Phi) is 5.72. The van der Waals surface area contributed by atoms with Gasteiger partial charge in [-0.05, 0) is 67.1 Å². The maximum Gasteiger partial charge on any atom is 0.118 e. The zero-order valence-corrected chi connectivity index (χ0v) is 15.0. The molecule has 0 aliphatic carbocycles. The molecule has 0 saturated carbocycles. The highest BCUT2D eigenvalue weighted by Gasteiger charge is 2.12. The van der Waals surface area contributed by atoms with E-state index in [0.717, 1.165) is 23.1 Å². The van der Waals surface area contributed by atoms with Gasteiger partial charge in [0.05, 0.1) is 12.5 Å². The SMILES string of the molecule is COc1ccc(CCC(Cl)c2cc(C)c(Br)cc2C)cc1. The summed E-state index contributed by atoms with van der Waals surface area (Å²) in [6, 6.07) is 12.5. The summed E-state index contributed by atoms with van der Waals surface area (Å²) in [6.45, 7) is 4.21. The lowest BCUT2D eigenvalue weighted by Gasteiger charge is -2.15. The minimum absolute atomic E-state index is 0.0406. The van der Waals surface area contributed by atoms with Crippen LogP contribution in [0.2, 0.25) is 0 Å². The van der Waals surface area contributed by atoms with E-state index in [1.54, 1.807) is 7.11 Å². The topological polar surface area (TPSA) is 9.23 Å². The Balaban J connectivity index is 2.04. The van der Waals surface area contributed by atoms with Crippen LogP contribution in [0, 0.1) is 13.8 Å². The summed E-state index contributed by atoms with van der Waals surface area (Å²) >= 11 is 10.2. The van der Waals surface area contributed by atoms with Crippen LogP contribution in [0.25, 0.3) is 0 Å². The van der Waals surface area contributed by atoms with Crippen LogP contribution in [0.1, 0.15) is 34.1 Å². The normalized spacial score (nSPS) is 12.2. The fourth-order valence-corrected chi connectivity index (χ4v) is 3.18. The van der Waals surface area contributed by atoms with E-state index in [2.05, 4.69) is 54.0 Å². The van der Waals surface area contributed by atoms with Crippen molar-refractivity contribution in [2.75, 3.05) is 7.11 Å². The quantitative estimate of drug-likeness (QED) is 0.590. The first-order chi connectivity index (χ1) is 10.0. The Hall–Kier alpha value is -0.990. The number of benzene rings is 2. The van der Waals surface area contributed by atoms with E-state index in [1.165, 1.54) is 22.3 Å². The van der Waals surface area contributed by atoms with E-state index in [0.29, 0.717) is 0 Å². The first kappa shape index (κ1) is 16.4. The molecule has 0 spiro atoms. The third-order valence-electron chi connectivity index (χ3n) is 3.73. The lowest BCUT2D eigenvalue weighted by Crippen LogP contribution is -1.98. The second-order valence-corrected chi connectivity index (χ2v) is 6.69. The van der Waals surface area contributed by atoms with Gasteiger partial charge in [-0.3, -0.25) is 0 Å². The van der Waals surface area contributed by atoms with E-state index in [4.69, 9.17) is 16.3 Å². The van der Waals surface area contributed by atoms with Crippen molar-refractivity contribution in [3.63, 3.8) is 0 Å². The molecule has 112 valence electrons. The molecule has 0 amide bonds. The number of rotatable bonds is 5. The number of methoxy groups -OCH3 is 1. The molecule has 1 unspecified atom stereocenters. The van der Waals surface area contributed by atoms with E-state index in [-0.39, 0.29) is 5.38 Å². The number of halogens is 2. The Labute approximate surface area is 140 Å². The van der Waals surface area contributed by atoms with Crippen LogP contribution >= 0.6 is 27.5 Å². The minimum atomic E-state index is 0.0406. The first-order valence-electron chi connectivity index (χ1n) is 7.05. The molecule has 2 aromatic carbocycles. The largest absolute Gasteiger partial charge is 0.497 e. The number of alkyl halides is 1. The van der Waals surface area contributed by atoms with Gasteiger partial charge in [-0.15, -0.1) is 11.6 Å². The Morgan fingerprint density at radius 1 is 1.10 bits per heavy atom. The lowest BCUT2D eigenvalue weighted by atomic mass is 9.98. The van der Waals surface area contributed by atoms with Crippen molar-refractivity contribution < 1.29 is 4.74 Å². The zero-order chi connectivity index (χ0) is 15.4. The van der Waals surface area contributed by atoms with Gasteiger partial charge in [0.2, 0.25) is 0 Å². The molecule has 2 rings (SSSR count). The minimum Gasteiger partial charge on any atom is -0.497 e. The van der Waals surface area contributed by atoms with Gasteiger partial charge >= 0.3 is 0 Å². The predicted octanol–water partition coefficient (Wildman–Crippen LogP) is 5.99. The molecule has 2 aromatic rings. The standard InChI is InChI=1S/C18H20BrClO/c1-12-11-17(19)13(2)10-16(12)18(20)9-6-14-4-7-15(21-3)8-5-14/h4-5,7-8,10-11,18H,6,9H2,1-3H3. The summed E-state index contributed by atoms with van der Waals surface area (Å²) in [5.41, 5.74) is 4.98. The van der Waals surface area contributed by atoms with E-state index < -0.39 is 0 Å². The molecular weight excluding hydrogens is 348 g/mol. The summed E-state index contributed by atoms with van der Waals surface area (Å²) in [6.07, 6.45) is 1.89. The molecule has 0 aliphatic heterocycles.